The van der Waals surface area contributed by atoms with E-state index in [-0.39, 0.29) is 5.78 Å². The molecule has 0 amide bonds. The maximum Gasteiger partial charge on any atom is 0.198 e. The van der Waals surface area contributed by atoms with Crippen LogP contribution in [0.15, 0.2) is 60.7 Å². The van der Waals surface area contributed by atoms with Gasteiger partial charge in [0.1, 0.15) is 5.60 Å². The predicted octanol–water partition coefficient (Wildman–Crippen LogP) is 3.04. The third-order valence-electron chi connectivity index (χ3n) is 2.81. The lowest BCUT2D eigenvalue weighted by Gasteiger charge is -2.22. The summed E-state index contributed by atoms with van der Waals surface area (Å²) in [5.74, 6) is -0.288. The first-order valence-electron chi connectivity index (χ1n) is 6.32. The van der Waals surface area contributed by atoms with Crippen LogP contribution in [0.25, 0.3) is 0 Å². The van der Waals surface area contributed by atoms with Gasteiger partial charge in [-0.05, 0) is 12.5 Å². The highest BCUT2D eigenvalue weighted by atomic mass is 16.4. The number of Topliss-reactive ketones (excluding diaryl/α,β-unsaturated/α-hetero) is 1. The quantitative estimate of drug-likeness (QED) is 0.874. The lowest BCUT2D eigenvalue weighted by atomic mass is 9.88. The highest BCUT2D eigenvalue weighted by Crippen LogP contribution is 2.24. The van der Waals surface area contributed by atoms with Gasteiger partial charge < -0.3 is 9.84 Å². The molecule has 0 heterocycles. The summed E-state index contributed by atoms with van der Waals surface area (Å²) >= 11 is 0. The topological polar surface area (TPSA) is 46.5 Å². The average Bonchev–Trinajstić information content (AvgIpc) is 2.49. The van der Waals surface area contributed by atoms with Gasteiger partial charge in [0.2, 0.25) is 0 Å². The second-order valence-electron chi connectivity index (χ2n) is 4.54. The standard InChI is InChI=1S/C15H14O2.C2H6O/c1-15(17,13-10-6-3-7-11-13)14(16)12-8-4-2-5-9-12;1-3-2/h2-11,17H,1H3;1-2H3. The van der Waals surface area contributed by atoms with Gasteiger partial charge in [-0.15, -0.1) is 0 Å². The monoisotopic (exact) mass is 272 g/mol. The van der Waals surface area contributed by atoms with Gasteiger partial charge in [-0.1, -0.05) is 60.7 Å². The van der Waals surface area contributed by atoms with Crippen molar-refractivity contribution in [3.8, 4) is 0 Å². The first kappa shape index (κ1) is 16.1. The molecule has 0 saturated carbocycles. The Morgan fingerprint density at radius 2 is 1.35 bits per heavy atom. The SMILES string of the molecule is CC(O)(C(=O)c1ccccc1)c1ccccc1.COC. The van der Waals surface area contributed by atoms with Crippen molar-refractivity contribution in [1.82, 2.24) is 0 Å². The third kappa shape index (κ3) is 4.02. The average molecular weight is 272 g/mol. The number of ether oxygens (including phenoxy) is 1. The minimum absolute atomic E-state index is 0.288. The molecule has 0 spiro atoms. The maximum absolute atomic E-state index is 12.2. The van der Waals surface area contributed by atoms with Gasteiger partial charge in [0.15, 0.2) is 5.78 Å². The van der Waals surface area contributed by atoms with Crippen molar-refractivity contribution in [3.05, 3.63) is 71.8 Å². The molecular formula is C17H20O3. The Bertz CT molecular complexity index is 518. The van der Waals surface area contributed by atoms with E-state index in [2.05, 4.69) is 4.74 Å². The van der Waals surface area contributed by atoms with Crippen molar-refractivity contribution < 1.29 is 14.6 Å². The van der Waals surface area contributed by atoms with Crippen molar-refractivity contribution in [2.75, 3.05) is 14.2 Å². The zero-order chi connectivity index (χ0) is 15.0. The second kappa shape index (κ2) is 7.58. The molecule has 0 saturated heterocycles. The molecule has 2 aromatic carbocycles. The molecule has 0 aromatic heterocycles. The molecule has 0 aliphatic rings. The highest BCUT2D eigenvalue weighted by Gasteiger charge is 2.32. The Hall–Kier alpha value is -1.97. The number of aliphatic hydroxyl groups is 1. The summed E-state index contributed by atoms with van der Waals surface area (Å²) in [6.45, 7) is 1.53. The van der Waals surface area contributed by atoms with Gasteiger partial charge in [0.05, 0.1) is 0 Å². The van der Waals surface area contributed by atoms with Crippen LogP contribution in [0.5, 0.6) is 0 Å². The first-order chi connectivity index (χ1) is 9.54. The van der Waals surface area contributed by atoms with Crippen molar-refractivity contribution in [2.24, 2.45) is 0 Å². The summed E-state index contributed by atoms with van der Waals surface area (Å²) in [5, 5.41) is 10.4. The predicted molar refractivity (Wildman–Crippen MR) is 79.7 cm³/mol. The van der Waals surface area contributed by atoms with Crippen LogP contribution in [0.2, 0.25) is 0 Å². The van der Waals surface area contributed by atoms with E-state index >= 15 is 0 Å². The van der Waals surface area contributed by atoms with Crippen LogP contribution in [0.1, 0.15) is 22.8 Å². The normalized spacial score (nSPS) is 12.8. The number of ketones is 1. The van der Waals surface area contributed by atoms with Crippen LogP contribution in [0.3, 0.4) is 0 Å². The van der Waals surface area contributed by atoms with Crippen molar-refractivity contribution in [3.63, 3.8) is 0 Å². The number of rotatable bonds is 3. The first-order valence-corrected chi connectivity index (χ1v) is 6.32. The summed E-state index contributed by atoms with van der Waals surface area (Å²) in [5.41, 5.74) is -0.363. The lowest BCUT2D eigenvalue weighted by Crippen LogP contribution is -2.32. The number of hydrogen-bond acceptors (Lipinski definition) is 3. The molecule has 1 atom stereocenters. The molecule has 0 aliphatic carbocycles. The van der Waals surface area contributed by atoms with Crippen molar-refractivity contribution in [1.29, 1.82) is 0 Å². The van der Waals surface area contributed by atoms with E-state index in [1.54, 1.807) is 50.6 Å². The lowest BCUT2D eigenvalue weighted by molar-refractivity contribution is 0.0392. The highest BCUT2D eigenvalue weighted by molar-refractivity contribution is 6.02. The summed E-state index contributed by atoms with van der Waals surface area (Å²) in [6, 6.07) is 17.8. The van der Waals surface area contributed by atoms with Crippen molar-refractivity contribution in [2.45, 2.75) is 12.5 Å². The third-order valence-corrected chi connectivity index (χ3v) is 2.81. The Balaban J connectivity index is 0.000000612. The summed E-state index contributed by atoms with van der Waals surface area (Å²) in [6.07, 6.45) is 0. The smallest absolute Gasteiger partial charge is 0.198 e. The molecule has 0 fully saturated rings. The van der Waals surface area contributed by atoms with Gasteiger partial charge in [-0.25, -0.2) is 0 Å². The Morgan fingerprint density at radius 3 is 1.80 bits per heavy atom. The van der Waals surface area contributed by atoms with Crippen LogP contribution in [0.4, 0.5) is 0 Å². The second-order valence-corrected chi connectivity index (χ2v) is 4.54. The van der Waals surface area contributed by atoms with Crippen molar-refractivity contribution >= 4 is 5.78 Å². The summed E-state index contributed by atoms with van der Waals surface area (Å²) in [7, 11) is 3.25. The van der Waals surface area contributed by atoms with E-state index in [0.717, 1.165) is 0 Å². The maximum atomic E-state index is 12.2. The van der Waals surface area contributed by atoms with E-state index in [1.807, 2.05) is 24.3 Å². The van der Waals surface area contributed by atoms with Crippen LogP contribution in [0, 0.1) is 0 Å². The number of carbonyl (C=O) groups is 1. The number of benzene rings is 2. The largest absolute Gasteiger partial charge is 0.388 e. The molecule has 106 valence electrons. The van der Waals surface area contributed by atoms with E-state index in [4.69, 9.17) is 0 Å². The van der Waals surface area contributed by atoms with E-state index in [0.29, 0.717) is 11.1 Å². The van der Waals surface area contributed by atoms with Gasteiger partial charge >= 0.3 is 0 Å². The van der Waals surface area contributed by atoms with Crippen LogP contribution in [-0.2, 0) is 10.3 Å². The molecule has 2 rings (SSSR count). The molecule has 0 bridgehead atoms. The number of hydrogen-bond donors (Lipinski definition) is 1. The molecule has 3 nitrogen and oxygen atoms in total. The molecular weight excluding hydrogens is 252 g/mol. The minimum Gasteiger partial charge on any atom is -0.388 e. The molecule has 0 radical (unpaired) electrons. The molecule has 1 unspecified atom stereocenters. The summed E-state index contributed by atoms with van der Waals surface area (Å²) in [4.78, 5) is 12.2. The molecule has 2 aromatic rings. The van der Waals surface area contributed by atoms with E-state index < -0.39 is 5.60 Å². The zero-order valence-electron chi connectivity index (χ0n) is 12.0. The van der Waals surface area contributed by atoms with Crippen LogP contribution < -0.4 is 0 Å². The molecule has 0 aliphatic heterocycles. The molecule has 3 heteroatoms. The molecule has 20 heavy (non-hydrogen) atoms. The van der Waals surface area contributed by atoms with Gasteiger partial charge in [0, 0.05) is 19.8 Å². The Labute approximate surface area is 119 Å². The fourth-order valence-corrected chi connectivity index (χ4v) is 1.76. The zero-order valence-corrected chi connectivity index (χ0v) is 12.0. The number of methoxy groups -OCH3 is 1. The van der Waals surface area contributed by atoms with E-state index in [9.17, 15) is 9.90 Å². The minimum atomic E-state index is -1.48. The molecule has 1 N–H and O–H groups in total. The van der Waals surface area contributed by atoms with Crippen LogP contribution in [-0.4, -0.2) is 25.1 Å². The Morgan fingerprint density at radius 1 is 0.950 bits per heavy atom. The van der Waals surface area contributed by atoms with Gasteiger partial charge in [-0.2, -0.15) is 0 Å². The van der Waals surface area contributed by atoms with E-state index in [1.165, 1.54) is 6.92 Å². The van der Waals surface area contributed by atoms with Gasteiger partial charge in [0.25, 0.3) is 0 Å². The van der Waals surface area contributed by atoms with Gasteiger partial charge in [-0.3, -0.25) is 4.79 Å². The fourth-order valence-electron chi connectivity index (χ4n) is 1.76. The fraction of sp³-hybridized carbons (Fsp3) is 0.235. The number of carbonyl (C=O) groups excluding carboxylic acids is 1. The summed E-state index contributed by atoms with van der Waals surface area (Å²) < 4.78 is 4.25. The Kier molecular flexibility index (Phi) is 6.10. The van der Waals surface area contributed by atoms with Crippen LogP contribution >= 0.6 is 0 Å².